The molecule has 2 heterocycles. The maximum Gasteiger partial charge on any atom is 0.290 e. The van der Waals surface area contributed by atoms with Crippen molar-refractivity contribution in [3.8, 4) is 5.75 Å². The molecule has 0 radical (unpaired) electrons. The zero-order chi connectivity index (χ0) is 16.4. The molecule has 0 saturated carbocycles. The summed E-state index contributed by atoms with van der Waals surface area (Å²) < 4.78 is 5.86. The molecule has 6 nitrogen and oxygen atoms in total. The lowest BCUT2D eigenvalue weighted by Gasteiger charge is -2.26. The number of ether oxygens (including phenoxy) is 1. The van der Waals surface area contributed by atoms with Crippen molar-refractivity contribution in [2.45, 2.75) is 25.9 Å². The normalized spacial score (nSPS) is 23.4. The van der Waals surface area contributed by atoms with Gasteiger partial charge in [0.25, 0.3) is 5.91 Å². The second-order valence-electron chi connectivity index (χ2n) is 5.89. The van der Waals surface area contributed by atoms with E-state index in [0.29, 0.717) is 13.1 Å². The first kappa shape index (κ1) is 15.5. The summed E-state index contributed by atoms with van der Waals surface area (Å²) in [5.74, 6) is -1.60. The maximum absolute atomic E-state index is 12.2. The average Bonchev–Trinajstić information content (AvgIpc) is 2.87. The molecule has 23 heavy (non-hydrogen) atoms. The summed E-state index contributed by atoms with van der Waals surface area (Å²) in [5, 5.41) is 2.76. The Morgan fingerprint density at radius 2 is 2.13 bits per heavy atom. The first-order valence-corrected chi connectivity index (χ1v) is 7.95. The van der Waals surface area contributed by atoms with Gasteiger partial charge in [-0.1, -0.05) is 18.2 Å². The van der Waals surface area contributed by atoms with Crippen molar-refractivity contribution in [1.82, 2.24) is 10.2 Å². The lowest BCUT2D eigenvalue weighted by Crippen LogP contribution is -2.42. The molecule has 6 heteroatoms. The van der Waals surface area contributed by atoms with Gasteiger partial charge in [0.15, 0.2) is 0 Å². The average molecular weight is 316 g/mol. The Labute approximate surface area is 134 Å². The van der Waals surface area contributed by atoms with E-state index in [-0.39, 0.29) is 18.6 Å². The van der Waals surface area contributed by atoms with Gasteiger partial charge in [-0.15, -0.1) is 0 Å². The molecule has 2 aliphatic rings. The van der Waals surface area contributed by atoms with Gasteiger partial charge >= 0.3 is 0 Å². The van der Waals surface area contributed by atoms with Gasteiger partial charge in [0.1, 0.15) is 17.8 Å². The van der Waals surface area contributed by atoms with Crippen LogP contribution in [0.15, 0.2) is 24.3 Å². The number of benzene rings is 1. The third-order valence-electron chi connectivity index (χ3n) is 4.42. The van der Waals surface area contributed by atoms with Crippen molar-refractivity contribution < 1.29 is 19.1 Å². The molecule has 2 aliphatic heterocycles. The van der Waals surface area contributed by atoms with E-state index >= 15 is 0 Å². The summed E-state index contributed by atoms with van der Waals surface area (Å²) in [6.07, 6.45) is 1.61. The summed E-state index contributed by atoms with van der Waals surface area (Å²) >= 11 is 0. The highest BCUT2D eigenvalue weighted by Gasteiger charge is 2.42. The Balaban J connectivity index is 1.54. The topological polar surface area (TPSA) is 75.7 Å². The van der Waals surface area contributed by atoms with Crippen LogP contribution in [0, 0.1) is 5.92 Å². The quantitative estimate of drug-likeness (QED) is 0.650. The summed E-state index contributed by atoms with van der Waals surface area (Å²) in [6, 6.07) is 7.85. The first-order valence-electron chi connectivity index (χ1n) is 7.95. The van der Waals surface area contributed by atoms with E-state index in [9.17, 15) is 14.4 Å². The number of ketones is 1. The number of likely N-dealkylation sites (tertiary alicyclic amines) is 1. The number of rotatable bonds is 4. The highest BCUT2D eigenvalue weighted by atomic mass is 16.5. The molecular formula is C17H20N2O4. The third kappa shape index (κ3) is 3.06. The number of carbonyl (C=O) groups excluding carboxylic acids is 3. The van der Waals surface area contributed by atoms with Crippen LogP contribution in [0.5, 0.6) is 5.75 Å². The monoisotopic (exact) mass is 316 g/mol. The van der Waals surface area contributed by atoms with Crippen molar-refractivity contribution in [3.05, 3.63) is 29.8 Å². The predicted octanol–water partition coefficient (Wildman–Crippen LogP) is 0.544. The van der Waals surface area contributed by atoms with Gasteiger partial charge in [-0.2, -0.15) is 0 Å². The van der Waals surface area contributed by atoms with Gasteiger partial charge < -0.3 is 15.0 Å². The van der Waals surface area contributed by atoms with E-state index in [1.165, 1.54) is 10.5 Å². The maximum atomic E-state index is 12.2. The lowest BCUT2D eigenvalue weighted by atomic mass is 10.0. The van der Waals surface area contributed by atoms with E-state index in [4.69, 9.17) is 4.74 Å². The van der Waals surface area contributed by atoms with Gasteiger partial charge in [-0.3, -0.25) is 14.4 Å². The van der Waals surface area contributed by atoms with Gasteiger partial charge in [0.2, 0.25) is 11.7 Å². The number of carbonyl (C=O) groups is 3. The Morgan fingerprint density at radius 1 is 1.35 bits per heavy atom. The van der Waals surface area contributed by atoms with Crippen LogP contribution in [-0.4, -0.2) is 48.2 Å². The second kappa shape index (κ2) is 6.40. The molecule has 1 unspecified atom stereocenters. The van der Waals surface area contributed by atoms with Gasteiger partial charge in [-0.25, -0.2) is 0 Å². The molecule has 2 amide bonds. The summed E-state index contributed by atoms with van der Waals surface area (Å²) in [5.41, 5.74) is 1.17. The smallest absolute Gasteiger partial charge is 0.290 e. The molecule has 0 spiro atoms. The minimum atomic E-state index is -0.890. The van der Waals surface area contributed by atoms with Crippen molar-refractivity contribution in [3.63, 3.8) is 0 Å². The molecule has 0 bridgehead atoms. The van der Waals surface area contributed by atoms with Crippen LogP contribution in [0.4, 0.5) is 0 Å². The minimum absolute atomic E-state index is 0.108. The molecule has 1 N–H and O–H groups in total. The number of aryl methyl sites for hydroxylation is 1. The predicted molar refractivity (Wildman–Crippen MR) is 82.9 cm³/mol. The highest BCUT2D eigenvalue weighted by molar-refractivity contribution is 6.42. The van der Waals surface area contributed by atoms with E-state index < -0.39 is 17.6 Å². The number of Topliss-reactive ketones (excluding diaryl/α,β-unsaturated/α-hetero) is 1. The van der Waals surface area contributed by atoms with E-state index in [2.05, 4.69) is 5.32 Å². The number of likely N-dealkylation sites (N-methyl/N-ethyl adjacent to an activating group) is 1. The fourth-order valence-electron chi connectivity index (χ4n) is 3.03. The summed E-state index contributed by atoms with van der Waals surface area (Å²) in [4.78, 5) is 37.1. The van der Waals surface area contributed by atoms with Crippen LogP contribution in [0.3, 0.4) is 0 Å². The molecule has 2 atom stereocenters. The molecule has 0 aromatic heterocycles. The molecule has 122 valence electrons. The molecule has 0 aliphatic carbocycles. The number of hydrogen-bond acceptors (Lipinski definition) is 4. The van der Waals surface area contributed by atoms with Gasteiger partial charge in [-0.05, 0) is 31.4 Å². The fourth-order valence-corrected chi connectivity index (χ4v) is 3.03. The van der Waals surface area contributed by atoms with Crippen LogP contribution in [-0.2, 0) is 20.8 Å². The standard InChI is InChI=1S/C17H20N2O4/c1-2-19-10-13(15(20)17(19)22)16(21)18-9-12-8-7-11-5-3-4-6-14(11)23-12/h3-6,12-13H,2,7-10H2,1H3,(H,18,21)/t12-,13?/m1/s1. The molecule has 1 fully saturated rings. The van der Waals surface area contributed by atoms with E-state index in [1.54, 1.807) is 6.92 Å². The van der Waals surface area contributed by atoms with E-state index in [0.717, 1.165) is 18.6 Å². The van der Waals surface area contributed by atoms with Gasteiger partial charge in [0.05, 0.1) is 6.54 Å². The zero-order valence-corrected chi connectivity index (χ0v) is 13.1. The summed E-state index contributed by atoms with van der Waals surface area (Å²) in [6.45, 7) is 2.75. The van der Waals surface area contributed by atoms with Crippen LogP contribution < -0.4 is 10.1 Å². The Morgan fingerprint density at radius 3 is 2.87 bits per heavy atom. The van der Waals surface area contributed by atoms with Crippen LogP contribution in [0.2, 0.25) is 0 Å². The first-order chi connectivity index (χ1) is 11.1. The number of nitrogens with zero attached hydrogens (tertiary/aromatic N) is 1. The number of fused-ring (bicyclic) bond motifs is 1. The molecule has 1 aromatic rings. The largest absolute Gasteiger partial charge is 0.488 e. The lowest BCUT2D eigenvalue weighted by molar-refractivity contribution is -0.142. The molecule has 1 aromatic carbocycles. The Hall–Kier alpha value is -2.37. The SMILES string of the molecule is CCN1CC(C(=O)NC[C@H]2CCc3ccccc3O2)C(=O)C1=O. The number of nitrogens with one attached hydrogen (secondary N) is 1. The van der Waals surface area contributed by atoms with Crippen molar-refractivity contribution >= 4 is 17.6 Å². The fraction of sp³-hybridized carbons (Fsp3) is 0.471. The van der Waals surface area contributed by atoms with Crippen molar-refractivity contribution in [1.29, 1.82) is 0 Å². The van der Waals surface area contributed by atoms with Crippen LogP contribution >= 0.6 is 0 Å². The molecule has 1 saturated heterocycles. The molecule has 3 rings (SSSR count). The Kier molecular flexibility index (Phi) is 4.32. The Bertz CT molecular complexity index is 643. The number of amides is 2. The molecular weight excluding hydrogens is 296 g/mol. The van der Waals surface area contributed by atoms with Crippen molar-refractivity contribution in [2.24, 2.45) is 5.92 Å². The third-order valence-corrected chi connectivity index (χ3v) is 4.42. The van der Waals surface area contributed by atoms with Gasteiger partial charge in [0, 0.05) is 13.1 Å². The summed E-state index contributed by atoms with van der Waals surface area (Å²) in [7, 11) is 0. The second-order valence-corrected chi connectivity index (χ2v) is 5.89. The van der Waals surface area contributed by atoms with Crippen LogP contribution in [0.25, 0.3) is 0 Å². The zero-order valence-electron chi connectivity index (χ0n) is 13.1. The van der Waals surface area contributed by atoms with Crippen molar-refractivity contribution in [2.75, 3.05) is 19.6 Å². The van der Waals surface area contributed by atoms with E-state index in [1.807, 2.05) is 24.3 Å². The number of hydrogen-bond donors (Lipinski definition) is 1. The highest BCUT2D eigenvalue weighted by Crippen LogP contribution is 2.26. The number of para-hydroxylation sites is 1. The minimum Gasteiger partial charge on any atom is -0.488 e. The van der Waals surface area contributed by atoms with Crippen LogP contribution in [0.1, 0.15) is 18.9 Å².